The molecule has 0 aliphatic heterocycles. The molecule has 0 fully saturated rings. The molecule has 0 aliphatic carbocycles. The number of nitrogens with zero attached hydrogens (tertiary/aromatic N) is 1. The van der Waals surface area contributed by atoms with Gasteiger partial charge in [0.1, 0.15) is 17.0 Å². The van der Waals surface area contributed by atoms with Crippen LogP contribution >= 0.6 is 0 Å². The summed E-state index contributed by atoms with van der Waals surface area (Å²) in [5.41, 5.74) is -2.56. The highest BCUT2D eigenvalue weighted by Crippen LogP contribution is 2.28. The summed E-state index contributed by atoms with van der Waals surface area (Å²) in [4.78, 5) is 36.9. The maximum atomic E-state index is 12.5. The van der Waals surface area contributed by atoms with E-state index in [0.717, 1.165) is 18.2 Å². The van der Waals surface area contributed by atoms with Gasteiger partial charge < -0.3 is 19.7 Å². The van der Waals surface area contributed by atoms with Gasteiger partial charge in [0.2, 0.25) is 0 Å². The van der Waals surface area contributed by atoms with E-state index in [9.17, 15) is 24.6 Å². The van der Waals surface area contributed by atoms with Crippen molar-refractivity contribution < 1.29 is 34.1 Å². The number of carbonyl (C=O) groups excluding carboxylic acids is 2. The number of benzene rings is 1. The minimum atomic E-state index is -1.43. The van der Waals surface area contributed by atoms with Gasteiger partial charge in [-0.3, -0.25) is 0 Å². The number of carbonyl (C=O) groups is 3. The molecule has 2 amide bonds. The summed E-state index contributed by atoms with van der Waals surface area (Å²) in [6.45, 7) is 9.63. The third-order valence-electron chi connectivity index (χ3n) is 2.60. The number of ether oxygens (including phenoxy) is 2. The van der Waals surface area contributed by atoms with Crippen LogP contribution in [0.4, 0.5) is 15.3 Å². The molecule has 1 aromatic rings. The number of aromatic carboxylic acids is 1. The van der Waals surface area contributed by atoms with Crippen LogP contribution in [0, 0.1) is 0 Å². The van der Waals surface area contributed by atoms with Gasteiger partial charge in [-0.25, -0.2) is 14.4 Å². The van der Waals surface area contributed by atoms with Crippen LogP contribution in [-0.2, 0) is 9.47 Å². The molecule has 0 aliphatic rings. The Balaban J connectivity index is 3.44. The first-order valence-electron chi connectivity index (χ1n) is 7.53. The van der Waals surface area contributed by atoms with Crippen LogP contribution < -0.4 is 4.90 Å². The second-order valence-electron chi connectivity index (χ2n) is 7.30. The van der Waals surface area contributed by atoms with Gasteiger partial charge in [-0.2, -0.15) is 4.90 Å². The lowest BCUT2D eigenvalue weighted by Gasteiger charge is -2.29. The van der Waals surface area contributed by atoms with Gasteiger partial charge in [-0.15, -0.1) is 0 Å². The summed E-state index contributed by atoms with van der Waals surface area (Å²) in [6.07, 6.45) is -2.18. The lowest BCUT2D eigenvalue weighted by molar-refractivity contribution is 0.0430. The van der Waals surface area contributed by atoms with Crippen molar-refractivity contribution in [1.82, 2.24) is 0 Å². The standard InChI is InChI=1S/C17H23NO7/c1-16(2,3)24-14(22)18(15(23)25-17(4,5)6)12-8-7-10(19)9-11(12)13(20)21/h7-9,19H,1-6H3,(H,20,21). The molecule has 8 heteroatoms. The predicted octanol–water partition coefficient (Wildman–Crippen LogP) is 3.77. The molecule has 0 radical (unpaired) electrons. The van der Waals surface area contributed by atoms with Crippen molar-refractivity contribution in [2.75, 3.05) is 4.90 Å². The number of anilines is 1. The van der Waals surface area contributed by atoms with Crippen molar-refractivity contribution in [3.63, 3.8) is 0 Å². The minimum absolute atomic E-state index is 0.270. The van der Waals surface area contributed by atoms with Gasteiger partial charge >= 0.3 is 18.2 Å². The molecule has 0 heterocycles. The Morgan fingerprint density at radius 2 is 1.36 bits per heavy atom. The molecule has 0 saturated carbocycles. The van der Waals surface area contributed by atoms with E-state index >= 15 is 0 Å². The molecule has 0 bridgehead atoms. The Labute approximate surface area is 146 Å². The van der Waals surface area contributed by atoms with Gasteiger partial charge in [0.15, 0.2) is 0 Å². The Morgan fingerprint density at radius 3 is 1.72 bits per heavy atom. The van der Waals surface area contributed by atoms with Crippen molar-refractivity contribution in [3.8, 4) is 5.75 Å². The lowest BCUT2D eigenvalue weighted by Crippen LogP contribution is -2.44. The first-order valence-corrected chi connectivity index (χ1v) is 7.53. The highest BCUT2D eigenvalue weighted by Gasteiger charge is 2.35. The number of hydrogen-bond donors (Lipinski definition) is 2. The van der Waals surface area contributed by atoms with Crippen molar-refractivity contribution in [3.05, 3.63) is 23.8 Å². The van der Waals surface area contributed by atoms with E-state index in [1.165, 1.54) is 0 Å². The van der Waals surface area contributed by atoms with E-state index in [4.69, 9.17) is 9.47 Å². The molecule has 0 atom stereocenters. The van der Waals surface area contributed by atoms with Crippen LogP contribution in [0.5, 0.6) is 5.75 Å². The first kappa shape index (κ1) is 20.3. The van der Waals surface area contributed by atoms with Gasteiger partial charge in [-0.05, 0) is 59.7 Å². The third kappa shape index (κ3) is 5.98. The number of amides is 2. The van der Waals surface area contributed by atoms with Crippen molar-refractivity contribution in [2.45, 2.75) is 52.7 Å². The molecule has 25 heavy (non-hydrogen) atoms. The SMILES string of the molecule is CC(C)(C)OC(=O)N(C(=O)OC(C)(C)C)c1ccc(O)cc1C(=O)O. The highest BCUT2D eigenvalue weighted by molar-refractivity contribution is 6.13. The topological polar surface area (TPSA) is 113 Å². The fourth-order valence-corrected chi connectivity index (χ4v) is 1.78. The zero-order chi connectivity index (χ0) is 19.6. The Morgan fingerprint density at radius 1 is 0.920 bits per heavy atom. The summed E-state index contributed by atoms with van der Waals surface area (Å²) in [5, 5.41) is 18.8. The highest BCUT2D eigenvalue weighted by atomic mass is 16.6. The molecule has 1 aromatic carbocycles. The van der Waals surface area contributed by atoms with E-state index in [1.54, 1.807) is 41.5 Å². The zero-order valence-electron chi connectivity index (χ0n) is 15.1. The summed E-state index contributed by atoms with van der Waals surface area (Å²) in [5.74, 6) is -1.75. The zero-order valence-corrected chi connectivity index (χ0v) is 15.1. The number of phenols is 1. The maximum absolute atomic E-state index is 12.5. The van der Waals surface area contributed by atoms with E-state index in [0.29, 0.717) is 4.90 Å². The molecule has 0 spiro atoms. The second kappa shape index (κ2) is 7.00. The molecular weight excluding hydrogens is 330 g/mol. The van der Waals surface area contributed by atoms with Crippen LogP contribution in [0.15, 0.2) is 18.2 Å². The minimum Gasteiger partial charge on any atom is -0.508 e. The van der Waals surface area contributed by atoms with Crippen molar-refractivity contribution >= 4 is 23.8 Å². The number of phenolic OH excluding ortho intramolecular Hbond substituents is 1. The molecule has 0 aromatic heterocycles. The average molecular weight is 353 g/mol. The van der Waals surface area contributed by atoms with E-state index in [1.807, 2.05) is 0 Å². The van der Waals surface area contributed by atoms with Crippen molar-refractivity contribution in [2.24, 2.45) is 0 Å². The quantitative estimate of drug-likeness (QED) is 0.832. The number of hydrogen-bond acceptors (Lipinski definition) is 6. The Kier molecular flexibility index (Phi) is 5.68. The lowest BCUT2D eigenvalue weighted by atomic mass is 10.1. The monoisotopic (exact) mass is 353 g/mol. The van der Waals surface area contributed by atoms with E-state index in [2.05, 4.69) is 0 Å². The molecule has 2 N–H and O–H groups in total. The number of carboxylic acid groups (broad SMARTS) is 1. The maximum Gasteiger partial charge on any atom is 0.424 e. The number of aromatic hydroxyl groups is 1. The van der Waals surface area contributed by atoms with Crippen LogP contribution in [0.2, 0.25) is 0 Å². The number of carboxylic acids is 1. The summed E-state index contributed by atoms with van der Waals surface area (Å²) >= 11 is 0. The Hall–Kier alpha value is -2.77. The van der Waals surface area contributed by atoms with Crippen LogP contribution in [0.3, 0.4) is 0 Å². The van der Waals surface area contributed by atoms with Gasteiger partial charge in [0.05, 0.1) is 11.3 Å². The third-order valence-corrected chi connectivity index (χ3v) is 2.60. The van der Waals surface area contributed by atoms with Gasteiger partial charge in [-0.1, -0.05) is 0 Å². The first-order chi connectivity index (χ1) is 11.2. The molecule has 1 rings (SSSR count). The van der Waals surface area contributed by atoms with E-state index in [-0.39, 0.29) is 11.4 Å². The fourth-order valence-electron chi connectivity index (χ4n) is 1.78. The van der Waals surface area contributed by atoms with Gasteiger partial charge in [0, 0.05) is 0 Å². The molecule has 138 valence electrons. The molecule has 0 saturated heterocycles. The normalized spacial score (nSPS) is 11.6. The fraction of sp³-hybridized carbons (Fsp3) is 0.471. The van der Waals surface area contributed by atoms with Crippen LogP contribution in [0.25, 0.3) is 0 Å². The van der Waals surface area contributed by atoms with Gasteiger partial charge in [0.25, 0.3) is 0 Å². The predicted molar refractivity (Wildman–Crippen MR) is 90.0 cm³/mol. The smallest absolute Gasteiger partial charge is 0.424 e. The van der Waals surface area contributed by atoms with Crippen LogP contribution in [-0.4, -0.2) is 39.6 Å². The average Bonchev–Trinajstić information content (AvgIpc) is 2.36. The summed E-state index contributed by atoms with van der Waals surface area (Å²) < 4.78 is 10.4. The molecule has 8 nitrogen and oxygen atoms in total. The van der Waals surface area contributed by atoms with Crippen LogP contribution in [0.1, 0.15) is 51.9 Å². The number of rotatable bonds is 2. The Bertz CT molecular complexity index is 655. The summed E-state index contributed by atoms with van der Waals surface area (Å²) in [6, 6.07) is 3.22. The second-order valence-corrected chi connectivity index (χ2v) is 7.30. The van der Waals surface area contributed by atoms with Crippen molar-refractivity contribution in [1.29, 1.82) is 0 Å². The summed E-state index contributed by atoms with van der Waals surface area (Å²) in [7, 11) is 0. The largest absolute Gasteiger partial charge is 0.508 e. The number of imide groups is 1. The molecule has 0 unspecified atom stereocenters. The van der Waals surface area contributed by atoms with E-state index < -0.39 is 34.9 Å². The molecular formula is C17H23NO7.